The van der Waals surface area contributed by atoms with Crippen molar-refractivity contribution in [2.24, 2.45) is 0 Å². The fourth-order valence-electron chi connectivity index (χ4n) is 2.61. The molecule has 0 saturated heterocycles. The van der Waals surface area contributed by atoms with Gasteiger partial charge in [0.05, 0.1) is 6.42 Å². The van der Waals surface area contributed by atoms with Crippen LogP contribution in [0.1, 0.15) is 18.1 Å². The summed E-state index contributed by atoms with van der Waals surface area (Å²) < 4.78 is 13.4. The molecule has 112 valence electrons. The van der Waals surface area contributed by atoms with Crippen molar-refractivity contribution in [3.8, 4) is 0 Å². The molecule has 0 fully saturated rings. The number of halogens is 1. The van der Waals surface area contributed by atoms with Crippen LogP contribution in [-0.4, -0.2) is 10.9 Å². The predicted molar refractivity (Wildman–Crippen MR) is 86.4 cm³/mol. The predicted octanol–water partition coefficient (Wildman–Crippen LogP) is 4.05. The van der Waals surface area contributed by atoms with Gasteiger partial charge in [0.2, 0.25) is 5.91 Å². The Morgan fingerprint density at radius 3 is 2.82 bits per heavy atom. The molecule has 0 saturated carbocycles. The molecule has 1 amide bonds. The van der Waals surface area contributed by atoms with Crippen LogP contribution in [-0.2, 0) is 17.6 Å². The number of H-pyrrole nitrogens is 1. The van der Waals surface area contributed by atoms with E-state index in [-0.39, 0.29) is 18.1 Å². The van der Waals surface area contributed by atoms with E-state index in [4.69, 9.17) is 0 Å². The van der Waals surface area contributed by atoms with E-state index < -0.39 is 0 Å². The van der Waals surface area contributed by atoms with Gasteiger partial charge in [0.1, 0.15) is 5.82 Å². The first kappa shape index (κ1) is 14.3. The second-order valence-electron chi connectivity index (χ2n) is 5.24. The summed E-state index contributed by atoms with van der Waals surface area (Å²) in [5.74, 6) is -0.406. The number of hydrogen-bond donors (Lipinski definition) is 2. The van der Waals surface area contributed by atoms with Crippen molar-refractivity contribution in [1.82, 2.24) is 4.98 Å². The van der Waals surface area contributed by atoms with Gasteiger partial charge in [0, 0.05) is 22.8 Å². The maximum Gasteiger partial charge on any atom is 0.228 e. The number of carbonyl (C=O) groups is 1. The molecule has 2 aromatic carbocycles. The van der Waals surface area contributed by atoms with Crippen molar-refractivity contribution < 1.29 is 9.18 Å². The Hall–Kier alpha value is -2.62. The average molecular weight is 296 g/mol. The van der Waals surface area contributed by atoms with Crippen LogP contribution in [0.3, 0.4) is 0 Å². The number of rotatable bonds is 4. The van der Waals surface area contributed by atoms with Crippen LogP contribution in [0.15, 0.2) is 48.7 Å². The van der Waals surface area contributed by atoms with Crippen molar-refractivity contribution in [3.63, 3.8) is 0 Å². The Balaban J connectivity index is 1.80. The highest BCUT2D eigenvalue weighted by Gasteiger charge is 2.11. The Labute approximate surface area is 128 Å². The molecule has 22 heavy (non-hydrogen) atoms. The van der Waals surface area contributed by atoms with Crippen LogP contribution in [0.5, 0.6) is 0 Å². The second-order valence-corrected chi connectivity index (χ2v) is 5.24. The van der Waals surface area contributed by atoms with E-state index in [0.29, 0.717) is 0 Å². The zero-order valence-electron chi connectivity index (χ0n) is 12.3. The van der Waals surface area contributed by atoms with Gasteiger partial charge in [-0.1, -0.05) is 25.1 Å². The molecule has 0 radical (unpaired) electrons. The minimum atomic E-state index is -0.301. The summed E-state index contributed by atoms with van der Waals surface area (Å²) in [7, 11) is 0. The lowest BCUT2D eigenvalue weighted by Gasteiger charge is -2.09. The molecule has 1 aromatic heterocycles. The molecule has 3 aromatic rings. The zero-order chi connectivity index (χ0) is 15.5. The molecule has 3 rings (SSSR count). The first-order chi connectivity index (χ1) is 10.7. The van der Waals surface area contributed by atoms with Crippen LogP contribution in [0.4, 0.5) is 10.1 Å². The van der Waals surface area contributed by atoms with Gasteiger partial charge in [-0.25, -0.2) is 4.39 Å². The quantitative estimate of drug-likeness (QED) is 0.749. The molecule has 1 heterocycles. The molecule has 0 bridgehead atoms. The number of aromatic amines is 1. The number of nitrogens with one attached hydrogen (secondary N) is 2. The lowest BCUT2D eigenvalue weighted by Crippen LogP contribution is -2.15. The molecule has 0 aliphatic rings. The lowest BCUT2D eigenvalue weighted by molar-refractivity contribution is -0.115. The van der Waals surface area contributed by atoms with Gasteiger partial charge < -0.3 is 10.3 Å². The van der Waals surface area contributed by atoms with Crippen LogP contribution >= 0.6 is 0 Å². The molecule has 0 aliphatic heterocycles. The molecule has 0 atom stereocenters. The summed E-state index contributed by atoms with van der Waals surface area (Å²) in [6.07, 6.45) is 2.83. The van der Waals surface area contributed by atoms with E-state index in [0.717, 1.165) is 34.1 Å². The molecule has 0 spiro atoms. The number of hydrogen-bond acceptors (Lipinski definition) is 1. The molecule has 4 heteroatoms. The fraction of sp³-hybridized carbons (Fsp3) is 0.167. The second kappa shape index (κ2) is 6.02. The number of benzene rings is 2. The maximum atomic E-state index is 13.4. The lowest BCUT2D eigenvalue weighted by atomic mass is 10.1. The van der Waals surface area contributed by atoms with Crippen molar-refractivity contribution in [2.45, 2.75) is 19.8 Å². The van der Waals surface area contributed by atoms with Crippen molar-refractivity contribution in [2.75, 3.05) is 5.32 Å². The maximum absolute atomic E-state index is 13.4. The Kier molecular flexibility index (Phi) is 3.92. The number of para-hydroxylation sites is 1. The summed E-state index contributed by atoms with van der Waals surface area (Å²) in [5.41, 5.74) is 3.56. The summed E-state index contributed by atoms with van der Waals surface area (Å²) in [6.45, 7) is 2.05. The number of carbonyl (C=O) groups excluding carboxylic acids is 1. The first-order valence-corrected chi connectivity index (χ1v) is 7.30. The van der Waals surface area contributed by atoms with Crippen LogP contribution < -0.4 is 5.32 Å². The van der Waals surface area contributed by atoms with E-state index in [1.165, 1.54) is 12.1 Å². The van der Waals surface area contributed by atoms with E-state index in [1.54, 1.807) is 12.3 Å². The molecule has 3 nitrogen and oxygen atoms in total. The fourth-order valence-corrected chi connectivity index (χ4v) is 2.61. The summed E-state index contributed by atoms with van der Waals surface area (Å²) >= 11 is 0. The Bertz CT molecular complexity index is 823. The largest absolute Gasteiger partial charge is 0.361 e. The smallest absolute Gasteiger partial charge is 0.228 e. The highest BCUT2D eigenvalue weighted by Crippen LogP contribution is 2.21. The van der Waals surface area contributed by atoms with Gasteiger partial charge >= 0.3 is 0 Å². The van der Waals surface area contributed by atoms with E-state index in [9.17, 15) is 9.18 Å². The molecular weight excluding hydrogens is 279 g/mol. The van der Waals surface area contributed by atoms with Crippen LogP contribution in [0.25, 0.3) is 10.9 Å². The van der Waals surface area contributed by atoms with Crippen LogP contribution in [0.2, 0.25) is 0 Å². The number of fused-ring (bicyclic) bond motifs is 1. The van der Waals surface area contributed by atoms with Gasteiger partial charge in [0.15, 0.2) is 0 Å². The van der Waals surface area contributed by atoms with Gasteiger partial charge in [-0.05, 0) is 41.8 Å². The van der Waals surface area contributed by atoms with Crippen LogP contribution in [0, 0.1) is 5.82 Å². The summed E-state index contributed by atoms with van der Waals surface area (Å²) in [6, 6.07) is 12.3. The first-order valence-electron chi connectivity index (χ1n) is 7.30. The zero-order valence-corrected chi connectivity index (χ0v) is 12.3. The normalized spacial score (nSPS) is 10.8. The number of amides is 1. The van der Waals surface area contributed by atoms with E-state index in [2.05, 4.69) is 10.3 Å². The topological polar surface area (TPSA) is 44.9 Å². The average Bonchev–Trinajstić information content (AvgIpc) is 2.90. The minimum Gasteiger partial charge on any atom is -0.361 e. The third kappa shape index (κ3) is 2.86. The number of anilines is 1. The van der Waals surface area contributed by atoms with Crippen molar-refractivity contribution in [3.05, 3.63) is 65.6 Å². The van der Waals surface area contributed by atoms with Gasteiger partial charge in [-0.15, -0.1) is 0 Å². The van der Waals surface area contributed by atoms with Gasteiger partial charge in [0.25, 0.3) is 0 Å². The number of aromatic nitrogens is 1. The molecule has 2 N–H and O–H groups in total. The monoisotopic (exact) mass is 296 g/mol. The summed E-state index contributed by atoms with van der Waals surface area (Å²) in [5, 5.41) is 3.68. The highest BCUT2D eigenvalue weighted by molar-refractivity contribution is 5.96. The number of aryl methyl sites for hydroxylation is 1. The van der Waals surface area contributed by atoms with Crippen molar-refractivity contribution in [1.29, 1.82) is 0 Å². The Morgan fingerprint density at radius 1 is 1.18 bits per heavy atom. The Morgan fingerprint density at radius 2 is 2.00 bits per heavy atom. The SMILES string of the molecule is CCc1ccccc1NC(=O)Cc1c[nH]c2ccc(F)cc12. The van der Waals surface area contributed by atoms with Gasteiger partial charge in [-0.2, -0.15) is 0 Å². The summed E-state index contributed by atoms with van der Waals surface area (Å²) in [4.78, 5) is 15.3. The highest BCUT2D eigenvalue weighted by atomic mass is 19.1. The molecule has 0 unspecified atom stereocenters. The van der Waals surface area contributed by atoms with Crippen molar-refractivity contribution >= 4 is 22.5 Å². The molecule has 0 aliphatic carbocycles. The van der Waals surface area contributed by atoms with Gasteiger partial charge in [-0.3, -0.25) is 4.79 Å². The minimum absolute atomic E-state index is 0.105. The molecular formula is C18H17FN2O. The third-order valence-electron chi connectivity index (χ3n) is 3.75. The van der Waals surface area contributed by atoms with E-state index >= 15 is 0 Å². The third-order valence-corrected chi connectivity index (χ3v) is 3.75. The standard InChI is InChI=1S/C18H17FN2O/c1-2-12-5-3-4-6-16(12)21-18(22)9-13-11-20-17-8-7-14(19)10-15(13)17/h3-8,10-11,20H,2,9H2,1H3,(H,21,22). The van der Waals surface area contributed by atoms with E-state index in [1.807, 2.05) is 31.2 Å².